The lowest BCUT2D eigenvalue weighted by Gasteiger charge is -2.16. The number of amides is 1. The fourth-order valence-electron chi connectivity index (χ4n) is 1.63. The van der Waals surface area contributed by atoms with Crippen molar-refractivity contribution in [3.63, 3.8) is 0 Å². The molecule has 0 heterocycles. The first kappa shape index (κ1) is 15.1. The van der Waals surface area contributed by atoms with Gasteiger partial charge in [-0.15, -0.1) is 0 Å². The van der Waals surface area contributed by atoms with Gasteiger partial charge < -0.3 is 11.1 Å². The summed E-state index contributed by atoms with van der Waals surface area (Å²) < 4.78 is 0. The van der Waals surface area contributed by atoms with E-state index in [0.717, 1.165) is 0 Å². The molecule has 0 aliphatic heterocycles. The molecule has 6 nitrogen and oxygen atoms in total. The minimum atomic E-state index is -0.551. The highest BCUT2D eigenvalue weighted by atomic mass is 16.6. The molecule has 1 aromatic rings. The van der Waals surface area contributed by atoms with Crippen molar-refractivity contribution in [2.75, 3.05) is 6.54 Å². The van der Waals surface area contributed by atoms with E-state index in [1.807, 2.05) is 13.8 Å². The van der Waals surface area contributed by atoms with Crippen molar-refractivity contribution < 1.29 is 9.72 Å². The van der Waals surface area contributed by atoms with E-state index >= 15 is 0 Å². The van der Waals surface area contributed by atoms with Crippen molar-refractivity contribution in [1.82, 2.24) is 5.32 Å². The van der Waals surface area contributed by atoms with Crippen LogP contribution < -0.4 is 11.1 Å². The number of carbonyl (C=O) groups excluding carboxylic acids is 1. The fraction of sp³-hybridized carbons (Fsp3) is 0.462. The quantitative estimate of drug-likeness (QED) is 0.624. The van der Waals surface area contributed by atoms with Crippen LogP contribution in [-0.4, -0.2) is 23.4 Å². The van der Waals surface area contributed by atoms with E-state index in [2.05, 4.69) is 5.32 Å². The molecular weight excluding hydrogens is 246 g/mol. The number of carbonyl (C=O) groups is 1. The summed E-state index contributed by atoms with van der Waals surface area (Å²) in [7, 11) is 0. The molecule has 0 aromatic heterocycles. The van der Waals surface area contributed by atoms with Gasteiger partial charge in [-0.1, -0.05) is 26.0 Å². The van der Waals surface area contributed by atoms with Crippen LogP contribution in [0.1, 0.15) is 29.8 Å². The second kappa shape index (κ2) is 6.29. The number of hydrogen-bond acceptors (Lipinski definition) is 4. The number of rotatable bonds is 5. The summed E-state index contributed by atoms with van der Waals surface area (Å²) in [5.41, 5.74) is 6.32. The molecule has 0 aliphatic rings. The van der Waals surface area contributed by atoms with Crippen LogP contribution in [0.2, 0.25) is 0 Å². The molecule has 1 unspecified atom stereocenters. The van der Waals surface area contributed by atoms with Gasteiger partial charge in [-0.05, 0) is 18.4 Å². The third kappa shape index (κ3) is 3.75. The van der Waals surface area contributed by atoms with E-state index < -0.39 is 10.8 Å². The minimum absolute atomic E-state index is 0.100. The lowest BCUT2D eigenvalue weighted by molar-refractivity contribution is -0.385. The summed E-state index contributed by atoms with van der Waals surface area (Å²) in [5, 5.41) is 13.6. The maximum absolute atomic E-state index is 12.0. The molecular formula is C13H19N3O3. The number of nitro groups is 1. The molecule has 1 amide bonds. The van der Waals surface area contributed by atoms with Crippen molar-refractivity contribution in [1.29, 1.82) is 0 Å². The summed E-state index contributed by atoms with van der Waals surface area (Å²) in [6.07, 6.45) is 0. The van der Waals surface area contributed by atoms with Crippen LogP contribution in [0, 0.1) is 23.0 Å². The Morgan fingerprint density at radius 3 is 2.63 bits per heavy atom. The SMILES string of the molecule is Cc1cccc([N+](=O)[O-])c1C(=O)NCC(N)C(C)C. The van der Waals surface area contributed by atoms with Gasteiger partial charge in [0.15, 0.2) is 0 Å². The summed E-state index contributed by atoms with van der Waals surface area (Å²) in [4.78, 5) is 22.4. The largest absolute Gasteiger partial charge is 0.350 e. The molecule has 1 atom stereocenters. The highest BCUT2D eigenvalue weighted by molar-refractivity contribution is 5.99. The highest BCUT2D eigenvalue weighted by Gasteiger charge is 2.22. The van der Waals surface area contributed by atoms with Crippen molar-refractivity contribution in [2.24, 2.45) is 11.7 Å². The first-order valence-corrected chi connectivity index (χ1v) is 6.12. The number of nitro benzene ring substituents is 1. The third-order valence-electron chi connectivity index (χ3n) is 3.03. The first-order valence-electron chi connectivity index (χ1n) is 6.12. The Kier molecular flexibility index (Phi) is 5.00. The zero-order valence-corrected chi connectivity index (χ0v) is 11.3. The number of hydrogen-bond donors (Lipinski definition) is 2. The van der Waals surface area contributed by atoms with Gasteiger partial charge in [0.05, 0.1) is 4.92 Å². The molecule has 19 heavy (non-hydrogen) atoms. The Labute approximate surface area is 112 Å². The van der Waals surface area contributed by atoms with E-state index in [0.29, 0.717) is 12.1 Å². The molecule has 1 rings (SSSR count). The van der Waals surface area contributed by atoms with Crippen LogP contribution in [0.4, 0.5) is 5.69 Å². The van der Waals surface area contributed by atoms with E-state index in [1.54, 1.807) is 19.1 Å². The van der Waals surface area contributed by atoms with Gasteiger partial charge in [0.1, 0.15) is 5.56 Å². The van der Waals surface area contributed by atoms with E-state index in [1.165, 1.54) is 6.07 Å². The highest BCUT2D eigenvalue weighted by Crippen LogP contribution is 2.21. The minimum Gasteiger partial charge on any atom is -0.350 e. The van der Waals surface area contributed by atoms with Crippen molar-refractivity contribution in [3.05, 3.63) is 39.4 Å². The number of nitrogens with one attached hydrogen (secondary N) is 1. The zero-order chi connectivity index (χ0) is 14.6. The molecule has 0 saturated heterocycles. The average molecular weight is 265 g/mol. The second-order valence-electron chi connectivity index (χ2n) is 4.84. The summed E-state index contributed by atoms with van der Waals surface area (Å²) >= 11 is 0. The second-order valence-corrected chi connectivity index (χ2v) is 4.84. The molecule has 0 radical (unpaired) electrons. The molecule has 3 N–H and O–H groups in total. The molecule has 0 fully saturated rings. The topological polar surface area (TPSA) is 98.3 Å². The number of benzene rings is 1. The Morgan fingerprint density at radius 2 is 2.11 bits per heavy atom. The van der Waals surface area contributed by atoms with Crippen LogP contribution in [0.3, 0.4) is 0 Å². The van der Waals surface area contributed by atoms with Crippen LogP contribution >= 0.6 is 0 Å². The Balaban J connectivity index is 2.91. The Bertz CT molecular complexity index is 486. The van der Waals surface area contributed by atoms with Gasteiger partial charge in [0, 0.05) is 18.7 Å². The average Bonchev–Trinajstić information content (AvgIpc) is 2.34. The van der Waals surface area contributed by atoms with Gasteiger partial charge in [-0.25, -0.2) is 0 Å². The lowest BCUT2D eigenvalue weighted by atomic mass is 10.0. The van der Waals surface area contributed by atoms with Crippen molar-refractivity contribution in [3.8, 4) is 0 Å². The van der Waals surface area contributed by atoms with Crippen LogP contribution in [0.5, 0.6) is 0 Å². The Morgan fingerprint density at radius 1 is 1.47 bits per heavy atom. The van der Waals surface area contributed by atoms with E-state index in [9.17, 15) is 14.9 Å². The summed E-state index contributed by atoms with van der Waals surface area (Å²) in [6, 6.07) is 4.38. The third-order valence-corrected chi connectivity index (χ3v) is 3.03. The maximum Gasteiger partial charge on any atom is 0.282 e. The fourth-order valence-corrected chi connectivity index (χ4v) is 1.63. The van der Waals surface area contributed by atoms with Gasteiger partial charge in [0.2, 0.25) is 0 Å². The molecule has 6 heteroatoms. The maximum atomic E-state index is 12.0. The van der Waals surface area contributed by atoms with Crippen LogP contribution in [0.15, 0.2) is 18.2 Å². The summed E-state index contributed by atoms with van der Waals surface area (Å²) in [5.74, 6) is -0.229. The molecule has 0 spiro atoms. The normalized spacial score (nSPS) is 12.3. The monoisotopic (exact) mass is 265 g/mol. The van der Waals surface area contributed by atoms with E-state index in [-0.39, 0.29) is 23.2 Å². The zero-order valence-electron chi connectivity index (χ0n) is 11.3. The summed E-state index contributed by atoms with van der Waals surface area (Å²) in [6.45, 7) is 5.87. The lowest BCUT2D eigenvalue weighted by Crippen LogP contribution is -2.40. The van der Waals surface area contributed by atoms with Crippen molar-refractivity contribution in [2.45, 2.75) is 26.8 Å². The van der Waals surface area contributed by atoms with Gasteiger partial charge in [0.25, 0.3) is 11.6 Å². The standard InChI is InChI=1S/C13H19N3O3/c1-8(2)10(14)7-15-13(17)12-9(3)5-4-6-11(12)16(18)19/h4-6,8,10H,7,14H2,1-3H3,(H,15,17). The Hall–Kier alpha value is -1.95. The van der Waals surface area contributed by atoms with Crippen molar-refractivity contribution >= 4 is 11.6 Å². The molecule has 0 bridgehead atoms. The van der Waals surface area contributed by atoms with Crippen LogP contribution in [0.25, 0.3) is 0 Å². The predicted molar refractivity (Wildman–Crippen MR) is 73.0 cm³/mol. The number of nitrogens with two attached hydrogens (primary N) is 1. The smallest absolute Gasteiger partial charge is 0.282 e. The molecule has 0 aliphatic carbocycles. The number of nitrogens with zero attached hydrogens (tertiary/aromatic N) is 1. The van der Waals surface area contributed by atoms with E-state index in [4.69, 9.17) is 5.73 Å². The molecule has 0 saturated carbocycles. The van der Waals surface area contributed by atoms with Gasteiger partial charge >= 0.3 is 0 Å². The predicted octanol–water partition coefficient (Wildman–Crippen LogP) is 1.62. The number of aryl methyl sites for hydroxylation is 1. The molecule has 104 valence electrons. The van der Waals surface area contributed by atoms with Gasteiger partial charge in [-0.2, -0.15) is 0 Å². The van der Waals surface area contributed by atoms with Gasteiger partial charge in [-0.3, -0.25) is 14.9 Å². The first-order chi connectivity index (χ1) is 8.84. The van der Waals surface area contributed by atoms with Crippen LogP contribution in [-0.2, 0) is 0 Å². The molecule has 1 aromatic carbocycles.